The summed E-state index contributed by atoms with van der Waals surface area (Å²) in [4.78, 5) is 25.7. The molecule has 0 saturated carbocycles. The first-order valence-corrected chi connectivity index (χ1v) is 6.30. The van der Waals surface area contributed by atoms with Crippen LogP contribution >= 0.6 is 0 Å². The number of aliphatic hydroxyl groups is 2. The molecule has 0 heterocycles. The Labute approximate surface area is 113 Å². The molecule has 0 saturated heterocycles. The predicted octanol–water partition coefficient (Wildman–Crippen LogP) is 0.281. The minimum atomic E-state index is -0.381. The lowest BCUT2D eigenvalue weighted by atomic mass is 9.80. The van der Waals surface area contributed by atoms with E-state index in [0.29, 0.717) is 5.57 Å². The van der Waals surface area contributed by atoms with Gasteiger partial charge in [-0.3, -0.25) is 9.59 Å². The molecule has 0 aliphatic heterocycles. The lowest BCUT2D eigenvalue weighted by molar-refractivity contribution is -0.117. The average molecular weight is 267 g/mol. The van der Waals surface area contributed by atoms with Gasteiger partial charge in [-0.2, -0.15) is 0 Å². The van der Waals surface area contributed by atoms with Crippen LogP contribution in [0.2, 0.25) is 0 Å². The zero-order valence-corrected chi connectivity index (χ0v) is 11.6. The largest absolute Gasteiger partial charge is 0.395 e. The van der Waals surface area contributed by atoms with Gasteiger partial charge in [0.25, 0.3) is 0 Å². The van der Waals surface area contributed by atoms with Gasteiger partial charge in [0.15, 0.2) is 5.78 Å². The number of carbonyl (C=O) groups excluding carboxylic acids is 2. The van der Waals surface area contributed by atoms with E-state index in [-0.39, 0.29) is 49.0 Å². The maximum atomic E-state index is 12.1. The van der Waals surface area contributed by atoms with Crippen LogP contribution < -0.4 is 0 Å². The van der Waals surface area contributed by atoms with E-state index in [0.717, 1.165) is 0 Å². The molecule has 0 aromatic rings. The highest BCUT2D eigenvalue weighted by atomic mass is 16.3. The number of rotatable bonds is 5. The van der Waals surface area contributed by atoms with Gasteiger partial charge in [-0.1, -0.05) is 20.8 Å². The van der Waals surface area contributed by atoms with Crippen molar-refractivity contribution in [3.05, 3.63) is 23.4 Å². The lowest BCUT2D eigenvalue weighted by Crippen LogP contribution is -2.35. The van der Waals surface area contributed by atoms with Crippen molar-refractivity contribution in [2.24, 2.45) is 5.41 Å². The van der Waals surface area contributed by atoms with Crippen LogP contribution in [0.4, 0.5) is 0 Å². The van der Waals surface area contributed by atoms with Crippen molar-refractivity contribution in [2.45, 2.75) is 20.8 Å². The quantitative estimate of drug-likeness (QED) is 0.700. The van der Waals surface area contributed by atoms with Crippen molar-refractivity contribution in [3.63, 3.8) is 0 Å². The molecule has 0 aromatic carbocycles. The van der Waals surface area contributed by atoms with Crippen LogP contribution in [-0.4, -0.2) is 53.0 Å². The molecule has 1 aliphatic rings. The summed E-state index contributed by atoms with van der Waals surface area (Å²) in [7, 11) is 0. The molecule has 0 bridgehead atoms. The smallest absolute Gasteiger partial charge is 0.202 e. The van der Waals surface area contributed by atoms with Crippen LogP contribution in [0.5, 0.6) is 0 Å². The molecule has 0 aromatic heterocycles. The molecule has 106 valence electrons. The monoisotopic (exact) mass is 267 g/mol. The van der Waals surface area contributed by atoms with Crippen LogP contribution in [0, 0.1) is 5.41 Å². The molecule has 0 amide bonds. The minimum Gasteiger partial charge on any atom is -0.395 e. The number of aliphatic hydroxyl groups excluding tert-OH is 2. The van der Waals surface area contributed by atoms with E-state index in [9.17, 15) is 9.59 Å². The molecule has 0 spiro atoms. The van der Waals surface area contributed by atoms with Gasteiger partial charge in [-0.15, -0.1) is 0 Å². The van der Waals surface area contributed by atoms with Crippen molar-refractivity contribution in [1.82, 2.24) is 4.90 Å². The third kappa shape index (κ3) is 3.75. The number of hydrogen-bond donors (Lipinski definition) is 2. The van der Waals surface area contributed by atoms with Crippen molar-refractivity contribution in [3.8, 4) is 0 Å². The van der Waals surface area contributed by atoms with Gasteiger partial charge in [-0.25, -0.2) is 0 Å². The molecular formula is C14H21NO4. The number of ketones is 2. The van der Waals surface area contributed by atoms with Gasteiger partial charge < -0.3 is 15.1 Å². The van der Waals surface area contributed by atoms with Crippen LogP contribution in [0.25, 0.3) is 0 Å². The zero-order chi connectivity index (χ0) is 14.6. The van der Waals surface area contributed by atoms with Gasteiger partial charge in [0.05, 0.1) is 18.9 Å². The summed E-state index contributed by atoms with van der Waals surface area (Å²) in [6, 6.07) is 0. The fourth-order valence-electron chi connectivity index (χ4n) is 1.98. The Kier molecular flexibility index (Phi) is 5.03. The van der Waals surface area contributed by atoms with Gasteiger partial charge in [0.2, 0.25) is 5.78 Å². The topological polar surface area (TPSA) is 77.8 Å². The first kappa shape index (κ1) is 15.6. The van der Waals surface area contributed by atoms with Gasteiger partial charge >= 0.3 is 0 Å². The Morgan fingerprint density at radius 1 is 1.00 bits per heavy atom. The van der Waals surface area contributed by atoms with Gasteiger partial charge in [-0.05, 0) is 11.5 Å². The predicted molar refractivity (Wildman–Crippen MR) is 71.4 cm³/mol. The van der Waals surface area contributed by atoms with E-state index < -0.39 is 0 Å². The van der Waals surface area contributed by atoms with E-state index in [1.807, 2.05) is 20.8 Å². The molecule has 0 atom stereocenters. The van der Waals surface area contributed by atoms with E-state index >= 15 is 0 Å². The highest BCUT2D eigenvalue weighted by Gasteiger charge is 2.30. The maximum absolute atomic E-state index is 12.1. The molecule has 19 heavy (non-hydrogen) atoms. The van der Waals surface area contributed by atoms with Crippen molar-refractivity contribution < 1.29 is 19.8 Å². The first-order chi connectivity index (χ1) is 8.81. The molecule has 5 nitrogen and oxygen atoms in total. The minimum absolute atomic E-state index is 0.144. The van der Waals surface area contributed by atoms with E-state index in [1.54, 1.807) is 0 Å². The second-order valence-corrected chi connectivity index (χ2v) is 5.50. The van der Waals surface area contributed by atoms with Crippen LogP contribution in [-0.2, 0) is 9.59 Å². The third-order valence-electron chi connectivity index (χ3n) is 2.95. The standard InChI is InChI=1S/C14H21NO4/c1-14(2,3)10-8-13(19)11(9-12(10)18)15(4-6-16)5-7-17/h8-9,16-17H,4-7H2,1-3H3. The number of carbonyl (C=O) groups is 2. The molecule has 1 rings (SSSR count). The number of hydrogen-bond acceptors (Lipinski definition) is 5. The highest BCUT2D eigenvalue weighted by Crippen LogP contribution is 2.29. The Balaban J connectivity index is 3.02. The number of allylic oxidation sites excluding steroid dienone is 3. The van der Waals surface area contributed by atoms with Crippen molar-refractivity contribution in [2.75, 3.05) is 26.3 Å². The SMILES string of the molecule is CC(C)(C)C1=CC(=O)C(N(CCO)CCO)=CC1=O. The van der Waals surface area contributed by atoms with E-state index in [2.05, 4.69) is 0 Å². The molecule has 1 aliphatic carbocycles. The van der Waals surface area contributed by atoms with Crippen LogP contribution in [0.1, 0.15) is 20.8 Å². The Hall–Kier alpha value is -1.46. The lowest BCUT2D eigenvalue weighted by Gasteiger charge is -2.29. The average Bonchev–Trinajstić information content (AvgIpc) is 2.30. The maximum Gasteiger partial charge on any atom is 0.202 e. The zero-order valence-electron chi connectivity index (χ0n) is 11.6. The Bertz CT molecular complexity index is 423. The highest BCUT2D eigenvalue weighted by molar-refractivity contribution is 6.20. The molecular weight excluding hydrogens is 246 g/mol. The molecule has 0 unspecified atom stereocenters. The fourth-order valence-corrected chi connectivity index (χ4v) is 1.98. The van der Waals surface area contributed by atoms with E-state index in [1.165, 1.54) is 17.1 Å². The fraction of sp³-hybridized carbons (Fsp3) is 0.571. The molecule has 0 radical (unpaired) electrons. The van der Waals surface area contributed by atoms with Crippen molar-refractivity contribution in [1.29, 1.82) is 0 Å². The van der Waals surface area contributed by atoms with E-state index in [4.69, 9.17) is 10.2 Å². The summed E-state index contributed by atoms with van der Waals surface area (Å²) in [5, 5.41) is 17.9. The number of nitrogens with zero attached hydrogens (tertiary/aromatic N) is 1. The molecule has 0 fully saturated rings. The van der Waals surface area contributed by atoms with Gasteiger partial charge in [0.1, 0.15) is 0 Å². The second-order valence-electron chi connectivity index (χ2n) is 5.50. The Morgan fingerprint density at radius 3 is 1.95 bits per heavy atom. The van der Waals surface area contributed by atoms with Crippen LogP contribution in [0.15, 0.2) is 23.4 Å². The first-order valence-electron chi connectivity index (χ1n) is 6.30. The summed E-state index contributed by atoms with van der Waals surface area (Å²) in [6.07, 6.45) is 2.66. The van der Waals surface area contributed by atoms with Crippen molar-refractivity contribution >= 4 is 11.6 Å². The third-order valence-corrected chi connectivity index (χ3v) is 2.95. The van der Waals surface area contributed by atoms with Crippen LogP contribution in [0.3, 0.4) is 0 Å². The summed E-state index contributed by atoms with van der Waals surface area (Å²) in [5.74, 6) is -0.450. The molecule has 2 N–H and O–H groups in total. The summed E-state index contributed by atoms with van der Waals surface area (Å²) >= 11 is 0. The normalized spacial score (nSPS) is 16.3. The molecule has 5 heteroatoms. The summed E-state index contributed by atoms with van der Waals surface area (Å²) < 4.78 is 0. The summed E-state index contributed by atoms with van der Waals surface area (Å²) in [6.45, 7) is 5.77. The Morgan fingerprint density at radius 2 is 1.53 bits per heavy atom. The summed E-state index contributed by atoms with van der Waals surface area (Å²) in [5.41, 5.74) is 0.336. The second kappa shape index (κ2) is 6.12. The van der Waals surface area contributed by atoms with Gasteiger partial charge in [0, 0.05) is 24.7 Å².